The molecule has 6 heteroatoms. The average Bonchev–Trinajstić information content (AvgIpc) is 2.77. The molecule has 1 aliphatic heterocycles. The van der Waals surface area contributed by atoms with Crippen molar-refractivity contribution in [1.29, 1.82) is 0 Å². The van der Waals surface area contributed by atoms with Gasteiger partial charge in [0.15, 0.2) is 0 Å². The Hall–Kier alpha value is -1.56. The molecule has 1 aromatic rings. The van der Waals surface area contributed by atoms with E-state index in [0.717, 1.165) is 12.1 Å². The molecular weight excluding hydrogens is 245 g/mol. The minimum absolute atomic E-state index is 0.0627. The van der Waals surface area contributed by atoms with Crippen molar-refractivity contribution in [3.63, 3.8) is 0 Å². The highest BCUT2D eigenvalue weighted by molar-refractivity contribution is 6.01. The van der Waals surface area contributed by atoms with Crippen LogP contribution in [0.2, 0.25) is 0 Å². The third-order valence-corrected chi connectivity index (χ3v) is 2.77. The van der Waals surface area contributed by atoms with Gasteiger partial charge in [-0.2, -0.15) is 13.2 Å². The Bertz CT molecular complexity index is 440. The van der Waals surface area contributed by atoms with Gasteiger partial charge in [0, 0.05) is 6.42 Å². The van der Waals surface area contributed by atoms with Gasteiger partial charge in [-0.05, 0) is 30.7 Å². The predicted octanol–water partition coefficient (Wildman–Crippen LogP) is 2.55. The predicted molar refractivity (Wildman–Crippen MR) is 61.1 cm³/mol. The minimum atomic E-state index is -4.31. The first-order valence-corrected chi connectivity index (χ1v) is 5.61. The smallest absolute Gasteiger partial charge is 0.392 e. The van der Waals surface area contributed by atoms with E-state index in [-0.39, 0.29) is 6.10 Å². The summed E-state index contributed by atoms with van der Waals surface area (Å²) in [6.45, 7) is 0.500. The molecule has 0 bridgehead atoms. The zero-order chi connectivity index (χ0) is 13.2. The van der Waals surface area contributed by atoms with Gasteiger partial charge in [0.1, 0.15) is 6.10 Å². The molecule has 2 rings (SSSR count). The lowest BCUT2D eigenvalue weighted by Crippen LogP contribution is -2.14. The van der Waals surface area contributed by atoms with E-state index in [1.54, 1.807) is 0 Å². The topological polar surface area (TPSA) is 47.6 Å². The molecule has 1 heterocycles. The highest BCUT2D eigenvalue weighted by Crippen LogP contribution is 2.29. The first-order chi connectivity index (χ1) is 8.50. The van der Waals surface area contributed by atoms with Crippen LogP contribution in [0.4, 0.5) is 13.2 Å². The Labute approximate surface area is 102 Å². The van der Waals surface area contributed by atoms with E-state index in [2.05, 4.69) is 5.16 Å². The Morgan fingerprint density at radius 2 is 1.94 bits per heavy atom. The van der Waals surface area contributed by atoms with Crippen molar-refractivity contribution in [2.24, 2.45) is 10.9 Å². The van der Waals surface area contributed by atoms with Crippen molar-refractivity contribution in [1.82, 2.24) is 0 Å². The number of benzene rings is 1. The maximum atomic E-state index is 12.4. The number of rotatable bonds is 3. The van der Waals surface area contributed by atoms with Crippen molar-refractivity contribution in [2.45, 2.75) is 25.1 Å². The van der Waals surface area contributed by atoms with Crippen LogP contribution in [0.3, 0.4) is 0 Å². The average molecular weight is 258 g/mol. The Morgan fingerprint density at radius 1 is 1.28 bits per heavy atom. The fourth-order valence-corrected chi connectivity index (χ4v) is 1.79. The molecule has 0 aliphatic carbocycles. The normalized spacial score (nSPS) is 19.6. The van der Waals surface area contributed by atoms with E-state index in [1.165, 1.54) is 12.1 Å². The summed E-state index contributed by atoms with van der Waals surface area (Å²) < 4.78 is 37.2. The fourth-order valence-electron chi connectivity index (χ4n) is 1.79. The van der Waals surface area contributed by atoms with Gasteiger partial charge in [0.25, 0.3) is 0 Å². The second-order valence-corrected chi connectivity index (χ2v) is 4.12. The number of hydrogen-bond acceptors (Lipinski definition) is 3. The molecule has 3 nitrogen and oxygen atoms in total. The zero-order valence-corrected chi connectivity index (χ0v) is 9.57. The number of halogens is 3. The highest BCUT2D eigenvalue weighted by atomic mass is 19.4. The summed E-state index contributed by atoms with van der Waals surface area (Å²) in [6, 6.07) is 4.92. The summed E-state index contributed by atoms with van der Waals surface area (Å²) in [7, 11) is 0. The van der Waals surface area contributed by atoms with Crippen molar-refractivity contribution in [2.75, 3.05) is 6.54 Å². The van der Waals surface area contributed by atoms with Gasteiger partial charge < -0.3 is 10.6 Å². The first kappa shape index (κ1) is 12.9. The van der Waals surface area contributed by atoms with Crippen LogP contribution in [0.15, 0.2) is 29.4 Å². The standard InChI is InChI=1S/C12H13F3N2O/c13-12(14,15)9-3-1-8(2-4-9)11-7-10(5-6-16)18-17-11/h1-4,10H,5-7,16H2. The van der Waals surface area contributed by atoms with Gasteiger partial charge in [-0.25, -0.2) is 0 Å². The largest absolute Gasteiger partial charge is 0.416 e. The number of nitrogens with two attached hydrogens (primary N) is 1. The van der Waals surface area contributed by atoms with Crippen molar-refractivity contribution >= 4 is 5.71 Å². The van der Waals surface area contributed by atoms with Gasteiger partial charge >= 0.3 is 6.18 Å². The second kappa shape index (κ2) is 4.97. The van der Waals surface area contributed by atoms with E-state index >= 15 is 0 Å². The molecule has 0 spiro atoms. The molecule has 0 amide bonds. The SMILES string of the molecule is NCCC1CC(c2ccc(C(F)(F)F)cc2)=NO1. The van der Waals surface area contributed by atoms with E-state index in [0.29, 0.717) is 30.7 Å². The van der Waals surface area contributed by atoms with Crippen LogP contribution in [0.5, 0.6) is 0 Å². The lowest BCUT2D eigenvalue weighted by Gasteiger charge is -2.07. The third kappa shape index (κ3) is 2.81. The van der Waals surface area contributed by atoms with E-state index < -0.39 is 11.7 Å². The number of alkyl halides is 3. The molecule has 0 saturated heterocycles. The van der Waals surface area contributed by atoms with Gasteiger partial charge in [0.2, 0.25) is 0 Å². The Morgan fingerprint density at radius 3 is 2.50 bits per heavy atom. The second-order valence-electron chi connectivity index (χ2n) is 4.12. The van der Waals surface area contributed by atoms with Gasteiger partial charge in [-0.15, -0.1) is 0 Å². The van der Waals surface area contributed by atoms with Crippen LogP contribution in [0.1, 0.15) is 24.0 Å². The van der Waals surface area contributed by atoms with Crippen LogP contribution in [-0.2, 0) is 11.0 Å². The quantitative estimate of drug-likeness (QED) is 0.905. The van der Waals surface area contributed by atoms with E-state index in [1.807, 2.05) is 0 Å². The third-order valence-electron chi connectivity index (χ3n) is 2.77. The highest BCUT2D eigenvalue weighted by Gasteiger charge is 2.30. The molecule has 98 valence electrons. The zero-order valence-electron chi connectivity index (χ0n) is 9.57. The molecule has 1 aromatic carbocycles. The first-order valence-electron chi connectivity index (χ1n) is 5.61. The molecule has 0 fully saturated rings. The maximum absolute atomic E-state index is 12.4. The van der Waals surface area contributed by atoms with Crippen LogP contribution >= 0.6 is 0 Å². The molecule has 1 unspecified atom stereocenters. The summed E-state index contributed by atoms with van der Waals surface area (Å²) in [5.74, 6) is 0. The van der Waals surface area contributed by atoms with Crippen LogP contribution < -0.4 is 5.73 Å². The van der Waals surface area contributed by atoms with Gasteiger partial charge in [-0.3, -0.25) is 0 Å². The van der Waals surface area contributed by atoms with Crippen molar-refractivity contribution in [3.8, 4) is 0 Å². The number of nitrogens with zero attached hydrogens (tertiary/aromatic N) is 1. The van der Waals surface area contributed by atoms with Crippen molar-refractivity contribution in [3.05, 3.63) is 35.4 Å². The Kier molecular flexibility index (Phi) is 3.56. The molecule has 2 N–H and O–H groups in total. The number of oxime groups is 1. The van der Waals surface area contributed by atoms with Gasteiger partial charge in [-0.1, -0.05) is 17.3 Å². The van der Waals surface area contributed by atoms with Gasteiger partial charge in [0.05, 0.1) is 11.3 Å². The summed E-state index contributed by atoms with van der Waals surface area (Å²) in [4.78, 5) is 5.14. The molecule has 18 heavy (non-hydrogen) atoms. The fraction of sp³-hybridized carbons (Fsp3) is 0.417. The molecule has 1 atom stereocenters. The molecule has 1 aliphatic rings. The van der Waals surface area contributed by atoms with E-state index in [4.69, 9.17) is 10.6 Å². The molecule has 0 aromatic heterocycles. The molecular formula is C12H13F3N2O. The summed E-state index contributed by atoms with van der Waals surface area (Å²) in [6.07, 6.45) is -3.10. The summed E-state index contributed by atoms with van der Waals surface area (Å²) >= 11 is 0. The van der Waals surface area contributed by atoms with Crippen LogP contribution in [0, 0.1) is 0 Å². The van der Waals surface area contributed by atoms with Crippen LogP contribution in [0.25, 0.3) is 0 Å². The molecule has 0 radical (unpaired) electrons. The minimum Gasteiger partial charge on any atom is -0.392 e. The number of hydrogen-bond donors (Lipinski definition) is 1. The summed E-state index contributed by atoms with van der Waals surface area (Å²) in [5.41, 5.74) is 6.07. The monoisotopic (exact) mass is 258 g/mol. The van der Waals surface area contributed by atoms with Crippen LogP contribution in [-0.4, -0.2) is 18.4 Å². The summed E-state index contributed by atoms with van der Waals surface area (Å²) in [5, 5.41) is 3.88. The van der Waals surface area contributed by atoms with Crippen molar-refractivity contribution < 1.29 is 18.0 Å². The Balaban J connectivity index is 2.07. The lowest BCUT2D eigenvalue weighted by molar-refractivity contribution is -0.137. The maximum Gasteiger partial charge on any atom is 0.416 e. The lowest BCUT2D eigenvalue weighted by atomic mass is 10.0. The molecule has 0 saturated carbocycles. The van der Waals surface area contributed by atoms with E-state index in [9.17, 15) is 13.2 Å².